The number of carboxylic acid groups (broad SMARTS) is 1. The number of carbonyl (C=O) groups excluding carboxylic acids is 1. The van der Waals surface area contributed by atoms with Crippen molar-refractivity contribution >= 4 is 11.9 Å². The van der Waals surface area contributed by atoms with Crippen LogP contribution in [-0.2, 0) is 14.3 Å². The lowest BCUT2D eigenvalue weighted by atomic mass is 10.2. The second-order valence-electron chi connectivity index (χ2n) is 3.82. The average molecular weight is 215 g/mol. The van der Waals surface area contributed by atoms with Crippen LogP contribution < -0.4 is 0 Å². The van der Waals surface area contributed by atoms with E-state index in [1.54, 1.807) is 0 Å². The fraction of sp³-hybridized carbons (Fsp3) is 0.800. The molecule has 0 aromatic heterocycles. The molecule has 0 saturated carbocycles. The lowest BCUT2D eigenvalue weighted by molar-refractivity contribution is -0.146. The molecular formula is C10H17NO4. The van der Waals surface area contributed by atoms with E-state index in [1.807, 2.05) is 11.8 Å². The molecule has 15 heavy (non-hydrogen) atoms. The summed E-state index contributed by atoms with van der Waals surface area (Å²) in [5.41, 5.74) is 0. The Bertz CT molecular complexity index is 254. The molecule has 0 aliphatic carbocycles. The van der Waals surface area contributed by atoms with Crippen molar-refractivity contribution < 1.29 is 19.4 Å². The van der Waals surface area contributed by atoms with Crippen molar-refractivity contribution in [3.05, 3.63) is 0 Å². The predicted molar refractivity (Wildman–Crippen MR) is 53.5 cm³/mol. The Balaban J connectivity index is 2.56. The van der Waals surface area contributed by atoms with Crippen molar-refractivity contribution in [1.29, 1.82) is 0 Å². The molecule has 2 atom stereocenters. The number of nitrogens with zero attached hydrogens (tertiary/aromatic N) is 1. The fourth-order valence-electron chi connectivity index (χ4n) is 1.97. The number of likely N-dealkylation sites (tertiary alicyclic amines) is 1. The number of hydrogen-bond donors (Lipinski definition) is 1. The maximum atomic E-state index is 10.9. The molecule has 0 amide bonds. The molecule has 1 aliphatic heterocycles. The smallest absolute Gasteiger partial charge is 0.321 e. The average Bonchev–Trinajstić information content (AvgIpc) is 2.47. The van der Waals surface area contributed by atoms with E-state index in [0.29, 0.717) is 13.0 Å². The first kappa shape index (κ1) is 12.0. The van der Waals surface area contributed by atoms with Crippen LogP contribution in [0.2, 0.25) is 0 Å². The molecule has 1 aliphatic rings. The summed E-state index contributed by atoms with van der Waals surface area (Å²) >= 11 is 0. The predicted octanol–water partition coefficient (Wildman–Crippen LogP) is 0.487. The molecule has 0 aromatic carbocycles. The highest BCUT2D eigenvalue weighted by atomic mass is 16.5. The van der Waals surface area contributed by atoms with Crippen LogP contribution in [0.3, 0.4) is 0 Å². The normalized spacial score (nSPS) is 26.5. The summed E-state index contributed by atoms with van der Waals surface area (Å²) in [5.74, 6) is -1.18. The Kier molecular flexibility index (Phi) is 4.08. The van der Waals surface area contributed by atoms with Crippen LogP contribution in [0.25, 0.3) is 0 Å². The molecule has 1 fully saturated rings. The zero-order valence-electron chi connectivity index (χ0n) is 9.10. The maximum Gasteiger partial charge on any atom is 0.321 e. The monoisotopic (exact) mass is 215 g/mol. The summed E-state index contributed by atoms with van der Waals surface area (Å²) in [6.45, 7) is 4.61. The molecule has 1 saturated heterocycles. The Morgan fingerprint density at radius 1 is 1.53 bits per heavy atom. The highest BCUT2D eigenvalue weighted by molar-refractivity contribution is 5.74. The van der Waals surface area contributed by atoms with Gasteiger partial charge in [0.15, 0.2) is 0 Å². The lowest BCUT2D eigenvalue weighted by Gasteiger charge is -2.19. The topological polar surface area (TPSA) is 66.8 Å². The van der Waals surface area contributed by atoms with Crippen LogP contribution >= 0.6 is 0 Å². The van der Waals surface area contributed by atoms with Crippen LogP contribution in [0.5, 0.6) is 0 Å². The second-order valence-corrected chi connectivity index (χ2v) is 3.82. The van der Waals surface area contributed by atoms with Gasteiger partial charge in [-0.05, 0) is 13.0 Å². The Hall–Kier alpha value is -1.10. The van der Waals surface area contributed by atoms with Gasteiger partial charge >= 0.3 is 11.9 Å². The Morgan fingerprint density at radius 3 is 2.67 bits per heavy atom. The van der Waals surface area contributed by atoms with Gasteiger partial charge in [-0.15, -0.1) is 0 Å². The van der Waals surface area contributed by atoms with Crippen molar-refractivity contribution in [3.63, 3.8) is 0 Å². The molecule has 5 nitrogen and oxygen atoms in total. The first-order chi connectivity index (χ1) is 7.04. The van der Waals surface area contributed by atoms with E-state index in [2.05, 4.69) is 0 Å². The molecule has 0 aromatic rings. The summed E-state index contributed by atoms with van der Waals surface area (Å²) in [7, 11) is 0. The Morgan fingerprint density at radius 2 is 2.20 bits per heavy atom. The number of carboxylic acids is 1. The van der Waals surface area contributed by atoms with Gasteiger partial charge in [0.05, 0.1) is 0 Å². The Labute approximate surface area is 89.0 Å². The number of rotatable bonds is 4. The standard InChI is InChI=1S/C10H17NO4/c1-3-4-11-6-8(15-7(2)12)5-9(11)10(13)14/h8-9H,3-6H2,1-2H3,(H,13,14). The van der Waals surface area contributed by atoms with Crippen LogP contribution in [0.15, 0.2) is 0 Å². The SMILES string of the molecule is CCCN1CC(OC(C)=O)CC1C(=O)O. The zero-order valence-corrected chi connectivity index (χ0v) is 9.10. The zero-order chi connectivity index (χ0) is 11.4. The highest BCUT2D eigenvalue weighted by Gasteiger charge is 2.37. The summed E-state index contributed by atoms with van der Waals surface area (Å²) in [5, 5.41) is 8.98. The number of aliphatic carboxylic acids is 1. The third-order valence-electron chi connectivity index (χ3n) is 2.49. The molecule has 1 heterocycles. The summed E-state index contributed by atoms with van der Waals surface area (Å²) in [6, 6.07) is -0.505. The van der Waals surface area contributed by atoms with Crippen LogP contribution in [0.4, 0.5) is 0 Å². The molecule has 0 radical (unpaired) electrons. The van der Waals surface area contributed by atoms with Gasteiger partial charge < -0.3 is 9.84 Å². The third-order valence-corrected chi connectivity index (χ3v) is 2.49. The molecule has 2 unspecified atom stereocenters. The molecule has 1 N–H and O–H groups in total. The third kappa shape index (κ3) is 3.20. The maximum absolute atomic E-state index is 10.9. The number of esters is 1. The molecule has 0 bridgehead atoms. The number of hydrogen-bond acceptors (Lipinski definition) is 4. The van der Waals surface area contributed by atoms with Gasteiger partial charge in [-0.25, -0.2) is 0 Å². The minimum Gasteiger partial charge on any atom is -0.480 e. The molecule has 1 rings (SSSR count). The van der Waals surface area contributed by atoms with E-state index < -0.39 is 12.0 Å². The first-order valence-electron chi connectivity index (χ1n) is 5.18. The van der Waals surface area contributed by atoms with E-state index in [9.17, 15) is 9.59 Å². The van der Waals surface area contributed by atoms with Crippen LogP contribution in [0, 0.1) is 0 Å². The van der Waals surface area contributed by atoms with Gasteiger partial charge in [-0.3, -0.25) is 14.5 Å². The van der Waals surface area contributed by atoms with Gasteiger partial charge in [0.25, 0.3) is 0 Å². The van der Waals surface area contributed by atoms with Crippen molar-refractivity contribution in [2.75, 3.05) is 13.1 Å². The van der Waals surface area contributed by atoms with Gasteiger partial charge in [-0.1, -0.05) is 6.92 Å². The first-order valence-corrected chi connectivity index (χ1v) is 5.18. The van der Waals surface area contributed by atoms with Crippen molar-refractivity contribution in [2.24, 2.45) is 0 Å². The number of carbonyl (C=O) groups is 2. The van der Waals surface area contributed by atoms with E-state index in [4.69, 9.17) is 9.84 Å². The second kappa shape index (κ2) is 5.11. The molecule has 5 heteroatoms. The largest absolute Gasteiger partial charge is 0.480 e. The summed E-state index contributed by atoms with van der Waals surface area (Å²) < 4.78 is 5.02. The lowest BCUT2D eigenvalue weighted by Crippen LogP contribution is -2.36. The molecule has 0 spiro atoms. The number of ether oxygens (including phenoxy) is 1. The molecular weight excluding hydrogens is 198 g/mol. The van der Waals surface area contributed by atoms with Gasteiger partial charge in [0.2, 0.25) is 0 Å². The van der Waals surface area contributed by atoms with E-state index in [-0.39, 0.29) is 12.1 Å². The van der Waals surface area contributed by atoms with Crippen molar-refractivity contribution in [1.82, 2.24) is 4.90 Å². The highest BCUT2D eigenvalue weighted by Crippen LogP contribution is 2.20. The van der Waals surface area contributed by atoms with E-state index in [1.165, 1.54) is 6.92 Å². The van der Waals surface area contributed by atoms with Crippen molar-refractivity contribution in [2.45, 2.75) is 38.8 Å². The van der Waals surface area contributed by atoms with Gasteiger partial charge in [0, 0.05) is 19.9 Å². The fourth-order valence-corrected chi connectivity index (χ4v) is 1.97. The van der Waals surface area contributed by atoms with E-state index >= 15 is 0 Å². The van der Waals surface area contributed by atoms with Crippen LogP contribution in [-0.4, -0.2) is 47.2 Å². The van der Waals surface area contributed by atoms with E-state index in [0.717, 1.165) is 13.0 Å². The van der Waals surface area contributed by atoms with Crippen LogP contribution in [0.1, 0.15) is 26.7 Å². The summed E-state index contributed by atoms with van der Waals surface area (Å²) in [6.07, 6.45) is 1.03. The van der Waals surface area contributed by atoms with Gasteiger partial charge in [0.1, 0.15) is 12.1 Å². The molecule has 86 valence electrons. The van der Waals surface area contributed by atoms with Crippen molar-refractivity contribution in [3.8, 4) is 0 Å². The quantitative estimate of drug-likeness (QED) is 0.691. The van der Waals surface area contributed by atoms with Gasteiger partial charge in [-0.2, -0.15) is 0 Å². The minimum atomic E-state index is -0.835. The summed E-state index contributed by atoms with van der Waals surface area (Å²) in [4.78, 5) is 23.5. The minimum absolute atomic E-state index is 0.268.